The van der Waals surface area contributed by atoms with Crippen molar-refractivity contribution in [2.24, 2.45) is 4.99 Å². The summed E-state index contributed by atoms with van der Waals surface area (Å²) < 4.78 is 0. The first-order valence-electron chi connectivity index (χ1n) is 5.11. The van der Waals surface area contributed by atoms with Gasteiger partial charge in [0, 0.05) is 16.8 Å². The van der Waals surface area contributed by atoms with Crippen LogP contribution in [0.3, 0.4) is 0 Å². The normalized spacial score (nSPS) is 10.9. The molecular weight excluding hydrogens is 218 g/mol. The van der Waals surface area contributed by atoms with Gasteiger partial charge in [-0.1, -0.05) is 48.0 Å². The fourth-order valence-corrected chi connectivity index (χ4v) is 1.61. The Hall–Kier alpha value is -1.60. The monoisotopic (exact) mass is 229 g/mol. The molecule has 80 valence electrons. The molecule has 0 aromatic heterocycles. The van der Waals surface area contributed by atoms with Gasteiger partial charge in [-0.05, 0) is 24.6 Å². The second kappa shape index (κ2) is 4.95. The molecule has 0 aliphatic carbocycles. The molecule has 2 aromatic rings. The largest absolute Gasteiger partial charge is 0.256 e. The number of aliphatic imine (C=N–C) groups is 1. The Balaban J connectivity index is 2.29. The predicted molar refractivity (Wildman–Crippen MR) is 69.9 cm³/mol. The summed E-state index contributed by atoms with van der Waals surface area (Å²) in [4.78, 5) is 4.43. The maximum atomic E-state index is 6.04. The number of rotatable bonds is 2. The lowest BCUT2D eigenvalue weighted by molar-refractivity contribution is 1.40. The minimum absolute atomic E-state index is 0.722. The summed E-state index contributed by atoms with van der Waals surface area (Å²) >= 11 is 6.04. The quantitative estimate of drug-likeness (QED) is 0.677. The zero-order chi connectivity index (χ0) is 11.4. The Morgan fingerprint density at radius 3 is 2.44 bits per heavy atom. The smallest absolute Gasteiger partial charge is 0.0659 e. The average molecular weight is 230 g/mol. The van der Waals surface area contributed by atoms with Crippen LogP contribution in [0.4, 0.5) is 5.69 Å². The van der Waals surface area contributed by atoms with Crippen LogP contribution in [-0.2, 0) is 0 Å². The standard InChI is InChI=1S/C14H12ClN/c1-11-6-2-5-9-14(11)16-10-12-7-3-4-8-13(12)15/h2-10H,1H3. The minimum Gasteiger partial charge on any atom is -0.256 e. The highest BCUT2D eigenvalue weighted by atomic mass is 35.5. The van der Waals surface area contributed by atoms with E-state index in [0.717, 1.165) is 21.8 Å². The second-order valence-corrected chi connectivity index (χ2v) is 3.97. The molecule has 1 nitrogen and oxygen atoms in total. The van der Waals surface area contributed by atoms with Gasteiger partial charge in [0.2, 0.25) is 0 Å². The topological polar surface area (TPSA) is 12.4 Å². The number of benzene rings is 2. The van der Waals surface area contributed by atoms with Crippen molar-refractivity contribution >= 4 is 23.5 Å². The summed E-state index contributed by atoms with van der Waals surface area (Å²) in [5.74, 6) is 0. The van der Waals surface area contributed by atoms with Gasteiger partial charge in [-0.2, -0.15) is 0 Å². The zero-order valence-corrected chi connectivity index (χ0v) is 9.78. The molecule has 0 saturated carbocycles. The SMILES string of the molecule is Cc1ccccc1N=Cc1ccccc1Cl. The van der Waals surface area contributed by atoms with Crippen LogP contribution >= 0.6 is 11.6 Å². The molecule has 0 heterocycles. The molecule has 0 fully saturated rings. The van der Waals surface area contributed by atoms with Gasteiger partial charge in [0.05, 0.1) is 5.69 Å². The second-order valence-electron chi connectivity index (χ2n) is 3.57. The van der Waals surface area contributed by atoms with E-state index >= 15 is 0 Å². The Bertz CT molecular complexity index is 470. The van der Waals surface area contributed by atoms with E-state index in [2.05, 4.69) is 4.99 Å². The molecule has 0 aliphatic heterocycles. The number of para-hydroxylation sites is 1. The van der Waals surface area contributed by atoms with Crippen LogP contribution in [0.5, 0.6) is 0 Å². The van der Waals surface area contributed by atoms with Gasteiger partial charge in [-0.15, -0.1) is 0 Å². The van der Waals surface area contributed by atoms with Crippen LogP contribution in [-0.4, -0.2) is 6.21 Å². The third kappa shape index (κ3) is 2.50. The van der Waals surface area contributed by atoms with Crippen LogP contribution in [0.15, 0.2) is 53.5 Å². The first-order chi connectivity index (χ1) is 7.77. The molecular formula is C14H12ClN. The minimum atomic E-state index is 0.722. The predicted octanol–water partition coefficient (Wildman–Crippen LogP) is 4.40. The van der Waals surface area contributed by atoms with Crippen molar-refractivity contribution in [1.82, 2.24) is 0 Å². The molecule has 0 amide bonds. The first-order valence-corrected chi connectivity index (χ1v) is 5.49. The van der Waals surface area contributed by atoms with Crippen LogP contribution in [0.2, 0.25) is 5.02 Å². The van der Waals surface area contributed by atoms with Crippen molar-refractivity contribution in [3.63, 3.8) is 0 Å². The number of nitrogens with zero attached hydrogens (tertiary/aromatic N) is 1. The van der Waals surface area contributed by atoms with Crippen LogP contribution < -0.4 is 0 Å². The summed E-state index contributed by atoms with van der Waals surface area (Å²) in [6.07, 6.45) is 1.80. The van der Waals surface area contributed by atoms with Crippen molar-refractivity contribution in [3.8, 4) is 0 Å². The molecule has 0 unspecified atom stereocenters. The number of aryl methyl sites for hydroxylation is 1. The highest BCUT2D eigenvalue weighted by Crippen LogP contribution is 2.18. The lowest BCUT2D eigenvalue weighted by Crippen LogP contribution is -1.82. The van der Waals surface area contributed by atoms with Gasteiger partial charge in [0.15, 0.2) is 0 Å². The molecule has 0 saturated heterocycles. The van der Waals surface area contributed by atoms with E-state index in [1.807, 2.05) is 55.5 Å². The Labute approximate surface area is 100 Å². The van der Waals surface area contributed by atoms with E-state index in [-0.39, 0.29) is 0 Å². The van der Waals surface area contributed by atoms with Crippen molar-refractivity contribution in [3.05, 3.63) is 64.7 Å². The average Bonchev–Trinajstić information content (AvgIpc) is 2.30. The Morgan fingerprint density at radius 2 is 1.69 bits per heavy atom. The third-order valence-electron chi connectivity index (χ3n) is 2.36. The van der Waals surface area contributed by atoms with E-state index < -0.39 is 0 Å². The van der Waals surface area contributed by atoms with Gasteiger partial charge < -0.3 is 0 Å². The van der Waals surface area contributed by atoms with Crippen molar-refractivity contribution in [1.29, 1.82) is 0 Å². The summed E-state index contributed by atoms with van der Waals surface area (Å²) in [6.45, 7) is 2.04. The lowest BCUT2D eigenvalue weighted by atomic mass is 10.2. The molecule has 0 atom stereocenters. The number of halogens is 1. The van der Waals surface area contributed by atoms with E-state index in [0.29, 0.717) is 0 Å². The highest BCUT2D eigenvalue weighted by Gasteiger charge is 1.95. The molecule has 0 aliphatic rings. The Morgan fingerprint density at radius 1 is 1.00 bits per heavy atom. The van der Waals surface area contributed by atoms with Gasteiger partial charge in [-0.3, -0.25) is 4.99 Å². The summed E-state index contributed by atoms with van der Waals surface area (Å²) in [5.41, 5.74) is 3.07. The van der Waals surface area contributed by atoms with Gasteiger partial charge in [0.25, 0.3) is 0 Å². The molecule has 2 heteroatoms. The molecule has 0 bridgehead atoms. The molecule has 0 N–H and O–H groups in total. The maximum absolute atomic E-state index is 6.04. The first kappa shape index (κ1) is 10.9. The van der Waals surface area contributed by atoms with Crippen molar-refractivity contribution < 1.29 is 0 Å². The van der Waals surface area contributed by atoms with Gasteiger partial charge in [-0.25, -0.2) is 0 Å². The van der Waals surface area contributed by atoms with E-state index in [1.54, 1.807) is 6.21 Å². The summed E-state index contributed by atoms with van der Waals surface area (Å²) in [7, 11) is 0. The fourth-order valence-electron chi connectivity index (χ4n) is 1.43. The Kier molecular flexibility index (Phi) is 3.37. The summed E-state index contributed by atoms with van der Waals surface area (Å²) in [5, 5.41) is 0.722. The van der Waals surface area contributed by atoms with Crippen molar-refractivity contribution in [2.75, 3.05) is 0 Å². The van der Waals surface area contributed by atoms with E-state index in [9.17, 15) is 0 Å². The van der Waals surface area contributed by atoms with Gasteiger partial charge >= 0.3 is 0 Å². The molecule has 2 rings (SSSR count). The number of hydrogen-bond acceptors (Lipinski definition) is 1. The van der Waals surface area contributed by atoms with Crippen LogP contribution in [0.25, 0.3) is 0 Å². The molecule has 0 radical (unpaired) electrons. The lowest BCUT2D eigenvalue weighted by Gasteiger charge is -1.99. The van der Waals surface area contributed by atoms with Crippen molar-refractivity contribution in [2.45, 2.75) is 6.92 Å². The highest BCUT2D eigenvalue weighted by molar-refractivity contribution is 6.33. The van der Waals surface area contributed by atoms with Crippen LogP contribution in [0.1, 0.15) is 11.1 Å². The van der Waals surface area contributed by atoms with Gasteiger partial charge in [0.1, 0.15) is 0 Å². The zero-order valence-electron chi connectivity index (χ0n) is 9.02. The van der Waals surface area contributed by atoms with E-state index in [1.165, 1.54) is 0 Å². The fraction of sp³-hybridized carbons (Fsp3) is 0.0714. The summed E-state index contributed by atoms with van der Waals surface area (Å²) in [6, 6.07) is 15.7. The van der Waals surface area contributed by atoms with E-state index in [4.69, 9.17) is 11.6 Å². The molecule has 2 aromatic carbocycles. The molecule has 16 heavy (non-hydrogen) atoms. The maximum Gasteiger partial charge on any atom is 0.0659 e. The molecule has 0 spiro atoms. The third-order valence-corrected chi connectivity index (χ3v) is 2.71. The number of hydrogen-bond donors (Lipinski definition) is 0. The van der Waals surface area contributed by atoms with Crippen LogP contribution in [0, 0.1) is 6.92 Å².